The van der Waals surface area contributed by atoms with E-state index in [1.165, 1.54) is 60.2 Å². The van der Waals surface area contributed by atoms with Crippen molar-refractivity contribution in [1.29, 1.82) is 0 Å². The number of furan rings is 2. The largest absolute Gasteiger partial charge is 0.456 e. The van der Waals surface area contributed by atoms with Gasteiger partial charge >= 0.3 is 0 Å². The fourth-order valence-corrected chi connectivity index (χ4v) is 11.5. The molecule has 4 aromatic heterocycles. The Morgan fingerprint density at radius 1 is 0.292 bits per heavy atom. The molecule has 0 spiro atoms. The lowest BCUT2D eigenvalue weighted by molar-refractivity contribution is 0.669. The molecule has 15 rings (SSSR count). The topological polar surface area (TPSA) is 33.9 Å². The maximum absolute atomic E-state index is 6.44. The van der Waals surface area contributed by atoms with Crippen LogP contribution in [0.4, 0.5) is 17.1 Å². The van der Waals surface area contributed by atoms with Crippen molar-refractivity contribution in [3.05, 3.63) is 255 Å². The summed E-state index contributed by atoms with van der Waals surface area (Å²) in [5.41, 5.74) is 18.4. The van der Waals surface area contributed by atoms with Crippen LogP contribution >= 0.6 is 0 Å². The lowest BCUT2D eigenvalue weighted by Gasteiger charge is -2.26. The Balaban J connectivity index is 0.824. The standard InChI is InChI=1S/C68H42N2O2/c1-2-15-45(16-3-1)65-60-27-10-11-38-69(60)68-58-24-5-4-23-57(58)66-52(25-14-26-59(66)67(65)68)44-32-30-43(31-33-44)46-17-12-18-47(39-46)48-19-13-20-49(40-48)70(50-34-36-55-53-21-6-8-28-61(53)71-63(55)41-50)51-35-37-56-54-22-7-9-29-62(54)72-64(56)42-51/h1-42H. The molecule has 0 saturated carbocycles. The summed E-state index contributed by atoms with van der Waals surface area (Å²) in [5.74, 6) is 0. The molecule has 72 heavy (non-hydrogen) atoms. The van der Waals surface area contributed by atoms with Crippen LogP contribution in [0.3, 0.4) is 0 Å². The SMILES string of the molecule is c1ccc(-c2c3c4cccc(-c5ccc(-c6cccc(-c7cccc(N(c8ccc9c(c8)oc8ccccc89)c8ccc9c(c8)oc8ccccc89)c7)c6)cc5)c4c4ccccc4c3n3ccccc23)cc1. The summed E-state index contributed by atoms with van der Waals surface area (Å²) < 4.78 is 15.3. The normalized spacial score (nSPS) is 11.9. The van der Waals surface area contributed by atoms with Crippen LogP contribution in [0.25, 0.3) is 126 Å². The Morgan fingerprint density at radius 3 is 1.51 bits per heavy atom. The van der Waals surface area contributed by atoms with E-state index in [0.717, 1.165) is 83.2 Å². The van der Waals surface area contributed by atoms with Gasteiger partial charge in [-0.1, -0.05) is 170 Å². The number of rotatable bonds is 7. The minimum Gasteiger partial charge on any atom is -0.456 e. The molecule has 4 nitrogen and oxygen atoms in total. The van der Waals surface area contributed by atoms with E-state index in [4.69, 9.17) is 8.83 Å². The predicted molar refractivity (Wildman–Crippen MR) is 301 cm³/mol. The molecule has 0 atom stereocenters. The second-order valence-corrected chi connectivity index (χ2v) is 18.8. The van der Waals surface area contributed by atoms with Crippen molar-refractivity contribution in [2.45, 2.75) is 0 Å². The molecule has 4 heterocycles. The molecule has 0 unspecified atom stereocenters. The van der Waals surface area contributed by atoms with Gasteiger partial charge in [0.25, 0.3) is 0 Å². The van der Waals surface area contributed by atoms with Crippen molar-refractivity contribution >= 4 is 98.9 Å². The van der Waals surface area contributed by atoms with Gasteiger partial charge in [0.1, 0.15) is 22.3 Å². The zero-order valence-corrected chi connectivity index (χ0v) is 39.0. The Bertz CT molecular complexity index is 4520. The highest BCUT2D eigenvalue weighted by atomic mass is 16.3. The van der Waals surface area contributed by atoms with Crippen LogP contribution in [0, 0.1) is 0 Å². The van der Waals surface area contributed by atoms with Crippen molar-refractivity contribution < 1.29 is 8.83 Å². The van der Waals surface area contributed by atoms with E-state index in [0.29, 0.717) is 0 Å². The van der Waals surface area contributed by atoms with Gasteiger partial charge in [-0.15, -0.1) is 0 Å². The smallest absolute Gasteiger partial charge is 0.137 e. The first-order valence-electron chi connectivity index (χ1n) is 24.6. The van der Waals surface area contributed by atoms with Crippen LogP contribution in [0.1, 0.15) is 0 Å². The van der Waals surface area contributed by atoms with Gasteiger partial charge in [0, 0.05) is 73.3 Å². The third kappa shape index (κ3) is 6.26. The van der Waals surface area contributed by atoms with Crippen molar-refractivity contribution in [1.82, 2.24) is 4.40 Å². The highest BCUT2D eigenvalue weighted by molar-refractivity contribution is 6.32. The number of hydrogen-bond donors (Lipinski definition) is 0. The molecule has 0 bridgehead atoms. The number of fused-ring (bicyclic) bond motifs is 14. The van der Waals surface area contributed by atoms with E-state index >= 15 is 0 Å². The van der Waals surface area contributed by atoms with Gasteiger partial charge in [-0.2, -0.15) is 0 Å². The molecule has 0 aliphatic carbocycles. The van der Waals surface area contributed by atoms with Crippen LogP contribution in [-0.2, 0) is 0 Å². The quantitative estimate of drug-likeness (QED) is 0.149. The summed E-state index contributed by atoms with van der Waals surface area (Å²) in [6, 6.07) is 89.5. The summed E-state index contributed by atoms with van der Waals surface area (Å²) in [6.45, 7) is 0. The molecule has 336 valence electrons. The molecule has 0 aliphatic rings. The number of benzene rings is 11. The van der Waals surface area contributed by atoms with Crippen LogP contribution < -0.4 is 4.90 Å². The number of aromatic nitrogens is 1. The number of anilines is 3. The summed E-state index contributed by atoms with van der Waals surface area (Å²) in [4.78, 5) is 2.30. The predicted octanol–water partition coefficient (Wildman–Crippen LogP) is 19.3. The minimum absolute atomic E-state index is 0.844. The summed E-state index contributed by atoms with van der Waals surface area (Å²) in [5, 5.41) is 10.7. The Hall–Kier alpha value is -9.64. The summed E-state index contributed by atoms with van der Waals surface area (Å²) >= 11 is 0. The van der Waals surface area contributed by atoms with E-state index in [9.17, 15) is 0 Å². The van der Waals surface area contributed by atoms with Gasteiger partial charge in [-0.25, -0.2) is 0 Å². The molecule has 0 aliphatic heterocycles. The van der Waals surface area contributed by atoms with E-state index in [1.807, 2.05) is 24.3 Å². The summed E-state index contributed by atoms with van der Waals surface area (Å²) in [7, 11) is 0. The van der Waals surface area contributed by atoms with Crippen molar-refractivity contribution in [3.63, 3.8) is 0 Å². The fourth-order valence-electron chi connectivity index (χ4n) is 11.5. The van der Waals surface area contributed by atoms with Gasteiger partial charge < -0.3 is 18.1 Å². The van der Waals surface area contributed by atoms with E-state index < -0.39 is 0 Å². The fraction of sp³-hybridized carbons (Fsp3) is 0. The van der Waals surface area contributed by atoms with Gasteiger partial charge in [0.2, 0.25) is 0 Å². The van der Waals surface area contributed by atoms with Gasteiger partial charge in [0.05, 0.1) is 11.0 Å². The molecule has 0 fully saturated rings. The highest BCUT2D eigenvalue weighted by Gasteiger charge is 2.22. The van der Waals surface area contributed by atoms with Crippen LogP contribution in [0.15, 0.2) is 264 Å². The van der Waals surface area contributed by atoms with Crippen molar-refractivity contribution in [3.8, 4) is 44.5 Å². The van der Waals surface area contributed by atoms with Gasteiger partial charge in [0.15, 0.2) is 0 Å². The summed E-state index contributed by atoms with van der Waals surface area (Å²) in [6.07, 6.45) is 2.21. The molecule has 15 aromatic rings. The van der Waals surface area contributed by atoms with Crippen LogP contribution in [0.2, 0.25) is 0 Å². The lowest BCUT2D eigenvalue weighted by Crippen LogP contribution is -2.09. The van der Waals surface area contributed by atoms with Crippen molar-refractivity contribution in [2.24, 2.45) is 0 Å². The average molecular weight is 919 g/mol. The number of hydrogen-bond acceptors (Lipinski definition) is 3. The monoisotopic (exact) mass is 918 g/mol. The molecule has 11 aromatic carbocycles. The molecule has 0 radical (unpaired) electrons. The van der Waals surface area contributed by atoms with Gasteiger partial charge in [-0.05, 0) is 122 Å². The van der Waals surface area contributed by atoms with E-state index in [1.54, 1.807) is 0 Å². The molecule has 0 saturated heterocycles. The average Bonchev–Trinajstić information content (AvgIpc) is 4.13. The second-order valence-electron chi connectivity index (χ2n) is 18.8. The number of para-hydroxylation sites is 2. The van der Waals surface area contributed by atoms with Crippen LogP contribution in [-0.4, -0.2) is 4.40 Å². The highest BCUT2D eigenvalue weighted by Crippen LogP contribution is 2.47. The third-order valence-electron chi connectivity index (χ3n) is 14.8. The van der Waals surface area contributed by atoms with Crippen LogP contribution in [0.5, 0.6) is 0 Å². The molecular formula is C68H42N2O2. The van der Waals surface area contributed by atoms with E-state index in [-0.39, 0.29) is 0 Å². The molecule has 0 N–H and O–H groups in total. The Morgan fingerprint density at radius 2 is 0.806 bits per heavy atom. The maximum atomic E-state index is 6.44. The maximum Gasteiger partial charge on any atom is 0.137 e. The van der Waals surface area contributed by atoms with Gasteiger partial charge in [-0.3, -0.25) is 0 Å². The second kappa shape index (κ2) is 16.0. The first kappa shape index (κ1) is 40.3. The Kier molecular flexibility index (Phi) is 8.92. The number of pyridine rings is 1. The third-order valence-corrected chi connectivity index (χ3v) is 14.8. The zero-order valence-electron chi connectivity index (χ0n) is 39.0. The molecule has 0 amide bonds. The number of nitrogens with zero attached hydrogens (tertiary/aromatic N) is 2. The minimum atomic E-state index is 0.844. The first-order chi connectivity index (χ1) is 35.7. The zero-order chi connectivity index (χ0) is 47.3. The Labute approximate surface area is 414 Å². The van der Waals surface area contributed by atoms with E-state index in [2.05, 4.69) is 240 Å². The first-order valence-corrected chi connectivity index (χ1v) is 24.6. The lowest BCUT2D eigenvalue weighted by atomic mass is 9.89. The molecular weight excluding hydrogens is 877 g/mol. The van der Waals surface area contributed by atoms with Crippen molar-refractivity contribution in [2.75, 3.05) is 4.90 Å². The molecule has 4 heteroatoms.